The molecule has 1 saturated heterocycles. The molecule has 4 aliphatic carbocycles. The highest BCUT2D eigenvalue weighted by Gasteiger charge is 2.59. The van der Waals surface area contributed by atoms with Gasteiger partial charge in [-0.1, -0.05) is 12.1 Å². The maximum atomic E-state index is 13.1. The third-order valence-electron chi connectivity index (χ3n) is 8.17. The standard InChI is InChI=1S/C27H33N5O4/c1-18-4-2-5-21(28-18)24(33)30-26-13-19-12-20(14-26)16-27(15-19,17-26)31-25(34)36-23-7-3-6-22(29-23)32-8-10-35-11-9-32/h2-7,19-20H,8-17H2,1H3,(H,30,33)(H,31,34). The van der Waals surface area contributed by atoms with Crippen molar-refractivity contribution in [3.63, 3.8) is 0 Å². The highest BCUT2D eigenvalue weighted by molar-refractivity contribution is 5.92. The second-order valence-corrected chi connectivity index (χ2v) is 11.1. The second kappa shape index (κ2) is 9.03. The number of hydrogen-bond acceptors (Lipinski definition) is 7. The van der Waals surface area contributed by atoms with Gasteiger partial charge < -0.3 is 25.0 Å². The number of amides is 2. The van der Waals surface area contributed by atoms with Crippen LogP contribution in [0.1, 0.15) is 54.7 Å². The maximum absolute atomic E-state index is 13.1. The van der Waals surface area contributed by atoms with Crippen molar-refractivity contribution in [1.82, 2.24) is 20.6 Å². The number of aryl methyl sites for hydroxylation is 1. The van der Waals surface area contributed by atoms with Crippen molar-refractivity contribution in [1.29, 1.82) is 0 Å². The molecule has 5 fully saturated rings. The van der Waals surface area contributed by atoms with E-state index >= 15 is 0 Å². The number of hydrogen-bond donors (Lipinski definition) is 2. The van der Waals surface area contributed by atoms with Crippen LogP contribution in [0.2, 0.25) is 0 Å². The molecule has 7 rings (SSSR count). The van der Waals surface area contributed by atoms with Gasteiger partial charge in [-0.25, -0.2) is 9.78 Å². The van der Waals surface area contributed by atoms with Crippen LogP contribution in [0, 0.1) is 18.8 Å². The number of morpholine rings is 1. The van der Waals surface area contributed by atoms with Crippen LogP contribution in [-0.4, -0.2) is 59.3 Å². The Hall–Kier alpha value is -3.20. The van der Waals surface area contributed by atoms with E-state index in [1.165, 1.54) is 0 Å². The fourth-order valence-corrected chi connectivity index (χ4v) is 7.30. The maximum Gasteiger partial charge on any atom is 0.414 e. The molecule has 2 aromatic rings. The molecule has 1 aliphatic heterocycles. The molecule has 2 aromatic heterocycles. The van der Waals surface area contributed by atoms with Crippen molar-refractivity contribution in [2.45, 2.75) is 56.5 Å². The fraction of sp³-hybridized carbons (Fsp3) is 0.556. The molecule has 2 atom stereocenters. The summed E-state index contributed by atoms with van der Waals surface area (Å²) in [5.74, 6) is 1.88. The lowest BCUT2D eigenvalue weighted by molar-refractivity contribution is -0.0450. The summed E-state index contributed by atoms with van der Waals surface area (Å²) >= 11 is 0. The van der Waals surface area contributed by atoms with Crippen LogP contribution in [-0.2, 0) is 4.74 Å². The van der Waals surface area contributed by atoms with Crippen molar-refractivity contribution < 1.29 is 19.1 Å². The molecule has 2 N–H and O–H groups in total. The Kier molecular flexibility index (Phi) is 5.82. The first kappa shape index (κ1) is 23.2. The molecule has 2 unspecified atom stereocenters. The second-order valence-electron chi connectivity index (χ2n) is 11.1. The summed E-state index contributed by atoms with van der Waals surface area (Å²) in [7, 11) is 0. The summed E-state index contributed by atoms with van der Waals surface area (Å²) in [5.41, 5.74) is 0.559. The number of ether oxygens (including phenoxy) is 2. The Labute approximate surface area is 211 Å². The molecule has 9 nitrogen and oxygen atoms in total. The van der Waals surface area contributed by atoms with E-state index in [9.17, 15) is 9.59 Å². The zero-order chi connectivity index (χ0) is 24.8. The minimum absolute atomic E-state index is 0.137. The molecule has 190 valence electrons. The Balaban J connectivity index is 1.15. The van der Waals surface area contributed by atoms with E-state index in [4.69, 9.17) is 9.47 Å². The summed E-state index contributed by atoms with van der Waals surface area (Å²) in [4.78, 5) is 37.3. The molecule has 36 heavy (non-hydrogen) atoms. The summed E-state index contributed by atoms with van der Waals surface area (Å²) in [5, 5.41) is 6.56. The van der Waals surface area contributed by atoms with Crippen LogP contribution < -0.4 is 20.3 Å². The Morgan fingerprint density at radius 2 is 1.67 bits per heavy atom. The summed E-state index contributed by atoms with van der Waals surface area (Å²) in [6.45, 7) is 4.74. The predicted octanol–water partition coefficient (Wildman–Crippen LogP) is 3.23. The number of aromatic nitrogens is 2. The lowest BCUT2D eigenvalue weighted by Gasteiger charge is -2.61. The third-order valence-corrected chi connectivity index (χ3v) is 8.17. The number of rotatable bonds is 5. The average Bonchev–Trinajstić information content (AvgIpc) is 2.83. The SMILES string of the molecule is Cc1cccc(C(=O)NC23CC4CC(CC(NC(=O)Oc5cccc(N6CCOCC6)n5)(C4)C2)C3)n1. The van der Waals surface area contributed by atoms with Crippen molar-refractivity contribution in [3.05, 3.63) is 47.8 Å². The zero-order valence-electron chi connectivity index (χ0n) is 20.7. The number of carbonyl (C=O) groups is 2. The Bertz CT molecular complexity index is 1150. The van der Waals surface area contributed by atoms with Gasteiger partial charge in [0.2, 0.25) is 5.88 Å². The molecule has 9 heteroatoms. The first-order valence-corrected chi connectivity index (χ1v) is 13.0. The van der Waals surface area contributed by atoms with Gasteiger partial charge >= 0.3 is 6.09 Å². The van der Waals surface area contributed by atoms with E-state index < -0.39 is 6.09 Å². The van der Waals surface area contributed by atoms with Crippen LogP contribution in [0.4, 0.5) is 10.6 Å². The number of anilines is 1. The van der Waals surface area contributed by atoms with E-state index in [1.807, 2.05) is 31.2 Å². The highest BCUT2D eigenvalue weighted by Crippen LogP contribution is 2.57. The van der Waals surface area contributed by atoms with E-state index in [2.05, 4.69) is 25.5 Å². The number of nitrogens with zero attached hydrogens (tertiary/aromatic N) is 3. The van der Waals surface area contributed by atoms with E-state index in [0.717, 1.165) is 56.7 Å². The van der Waals surface area contributed by atoms with Gasteiger partial charge in [0, 0.05) is 35.9 Å². The highest BCUT2D eigenvalue weighted by atomic mass is 16.6. The molecular formula is C27H33N5O4. The van der Waals surface area contributed by atoms with Gasteiger partial charge in [-0.15, -0.1) is 0 Å². The van der Waals surface area contributed by atoms with Crippen LogP contribution in [0.25, 0.3) is 0 Å². The fourth-order valence-electron chi connectivity index (χ4n) is 7.30. The first-order chi connectivity index (χ1) is 17.4. The molecule has 0 radical (unpaired) electrons. The lowest BCUT2D eigenvalue weighted by Crippen LogP contribution is -2.70. The molecule has 4 bridgehead atoms. The molecule has 3 heterocycles. The van der Waals surface area contributed by atoms with Gasteiger partial charge in [0.1, 0.15) is 11.5 Å². The van der Waals surface area contributed by atoms with E-state index in [0.29, 0.717) is 37.2 Å². The molecule has 0 spiro atoms. The minimum atomic E-state index is -0.481. The molecule has 5 aliphatic rings. The van der Waals surface area contributed by atoms with Crippen molar-refractivity contribution in [2.75, 3.05) is 31.2 Å². The van der Waals surface area contributed by atoms with Gasteiger partial charge in [0.15, 0.2) is 0 Å². The number of nitrogens with one attached hydrogen (secondary N) is 2. The van der Waals surface area contributed by atoms with Crippen LogP contribution in [0.3, 0.4) is 0 Å². The number of carbonyl (C=O) groups excluding carboxylic acids is 2. The molecule has 0 aromatic carbocycles. The predicted molar refractivity (Wildman–Crippen MR) is 133 cm³/mol. The molecular weight excluding hydrogens is 458 g/mol. The van der Waals surface area contributed by atoms with Crippen molar-refractivity contribution >= 4 is 17.8 Å². The Morgan fingerprint density at radius 3 is 2.39 bits per heavy atom. The quantitative estimate of drug-likeness (QED) is 0.662. The zero-order valence-corrected chi connectivity index (χ0v) is 20.7. The van der Waals surface area contributed by atoms with Crippen LogP contribution in [0.5, 0.6) is 5.88 Å². The smallest absolute Gasteiger partial charge is 0.391 e. The Morgan fingerprint density at radius 1 is 0.972 bits per heavy atom. The molecule has 2 amide bonds. The van der Waals surface area contributed by atoms with E-state index in [-0.39, 0.29) is 22.9 Å². The van der Waals surface area contributed by atoms with Gasteiger partial charge in [-0.3, -0.25) is 4.79 Å². The average molecular weight is 492 g/mol. The topological polar surface area (TPSA) is 106 Å². The van der Waals surface area contributed by atoms with Crippen molar-refractivity contribution in [3.8, 4) is 5.88 Å². The minimum Gasteiger partial charge on any atom is -0.391 e. The van der Waals surface area contributed by atoms with Crippen LogP contribution in [0.15, 0.2) is 36.4 Å². The van der Waals surface area contributed by atoms with Gasteiger partial charge in [0.25, 0.3) is 5.91 Å². The summed E-state index contributed by atoms with van der Waals surface area (Å²) < 4.78 is 11.1. The van der Waals surface area contributed by atoms with Gasteiger partial charge in [0.05, 0.1) is 13.2 Å². The largest absolute Gasteiger partial charge is 0.414 e. The summed E-state index contributed by atoms with van der Waals surface area (Å²) in [6, 6.07) is 11.0. The van der Waals surface area contributed by atoms with Gasteiger partial charge in [-0.05, 0) is 75.5 Å². The lowest BCUT2D eigenvalue weighted by atomic mass is 9.50. The molecule has 4 saturated carbocycles. The summed E-state index contributed by atoms with van der Waals surface area (Å²) in [6.07, 6.45) is 5.11. The van der Waals surface area contributed by atoms with Gasteiger partial charge in [-0.2, -0.15) is 4.98 Å². The first-order valence-electron chi connectivity index (χ1n) is 13.0. The third kappa shape index (κ3) is 4.64. The monoisotopic (exact) mass is 491 g/mol. The van der Waals surface area contributed by atoms with Crippen molar-refractivity contribution in [2.24, 2.45) is 11.8 Å². The van der Waals surface area contributed by atoms with Crippen LogP contribution >= 0.6 is 0 Å². The van der Waals surface area contributed by atoms with E-state index in [1.54, 1.807) is 12.1 Å². The normalized spacial score (nSPS) is 30.6. The number of pyridine rings is 2.